The first kappa shape index (κ1) is 27.0. The molecule has 0 aliphatic carbocycles. The minimum absolute atomic E-state index is 0.124. The van der Waals surface area contributed by atoms with Crippen molar-refractivity contribution in [1.29, 1.82) is 0 Å². The number of carboxylic acid groups (broad SMARTS) is 1. The number of rotatable bonds is 9. The smallest absolute Gasteiger partial charge is 0.415 e. The average molecular weight is 541 g/mol. The number of ether oxygens (including phenoxy) is 2. The quantitative estimate of drug-likeness (QED) is 0.280. The van der Waals surface area contributed by atoms with Gasteiger partial charge in [0.15, 0.2) is 0 Å². The molecule has 0 spiro atoms. The molecule has 1 N–H and O–H groups in total. The van der Waals surface area contributed by atoms with Gasteiger partial charge in [-0.3, -0.25) is 4.79 Å². The summed E-state index contributed by atoms with van der Waals surface area (Å²) in [7, 11) is 0. The van der Waals surface area contributed by atoms with Crippen LogP contribution in [0.5, 0.6) is 11.5 Å². The zero-order valence-electron chi connectivity index (χ0n) is 22.6. The molecular weight excluding hydrogens is 508 g/mol. The maximum Gasteiger partial charge on any atom is 0.415 e. The first-order valence-electron chi connectivity index (χ1n) is 13.4. The van der Waals surface area contributed by atoms with Crippen LogP contribution < -0.4 is 9.47 Å². The minimum Gasteiger partial charge on any atom is -0.493 e. The third-order valence-electron chi connectivity index (χ3n) is 7.18. The summed E-state index contributed by atoms with van der Waals surface area (Å²) in [6.07, 6.45) is 0.617. The molecule has 1 fully saturated rings. The zero-order chi connectivity index (χ0) is 28.1. The molecule has 1 amide bonds. The number of hydrogen-bond donors (Lipinski definition) is 1. The molecule has 0 bridgehead atoms. The number of aryl methyl sites for hydroxylation is 2. The normalized spacial score (nSPS) is 16.6. The molecule has 3 aromatic carbocycles. The molecule has 8 nitrogen and oxygen atoms in total. The maximum atomic E-state index is 12.7. The van der Waals surface area contributed by atoms with Crippen molar-refractivity contribution < 1.29 is 28.6 Å². The van der Waals surface area contributed by atoms with Crippen LogP contribution in [0.1, 0.15) is 22.6 Å². The lowest BCUT2D eigenvalue weighted by molar-refractivity contribution is -0.142. The van der Waals surface area contributed by atoms with E-state index in [1.165, 1.54) is 4.90 Å². The van der Waals surface area contributed by atoms with E-state index in [0.717, 1.165) is 33.9 Å². The van der Waals surface area contributed by atoms with Crippen LogP contribution in [0.2, 0.25) is 0 Å². The number of carbonyl (C=O) groups excluding carboxylic acids is 1. The topological polar surface area (TPSA) is 102 Å². The molecule has 0 saturated carbocycles. The van der Waals surface area contributed by atoms with E-state index >= 15 is 0 Å². The number of hydrogen-bond acceptors (Lipinski definition) is 6. The summed E-state index contributed by atoms with van der Waals surface area (Å²) in [5, 5.41) is 9.79. The van der Waals surface area contributed by atoms with E-state index < -0.39 is 18.0 Å². The van der Waals surface area contributed by atoms with E-state index in [1.807, 2.05) is 80.6 Å². The van der Waals surface area contributed by atoms with Gasteiger partial charge in [0.25, 0.3) is 0 Å². The number of amides is 1. The van der Waals surface area contributed by atoms with Crippen molar-refractivity contribution in [2.45, 2.75) is 26.7 Å². The van der Waals surface area contributed by atoms with E-state index in [0.29, 0.717) is 37.6 Å². The van der Waals surface area contributed by atoms with Crippen molar-refractivity contribution in [2.24, 2.45) is 11.8 Å². The molecule has 4 aromatic rings. The Labute approximate surface area is 233 Å². The molecule has 8 heteroatoms. The standard InChI is InChI=1S/C32H32N2O6/c1-21-8-12-27(13-9-21)40-32(37)34-19-25(28(20-34)31(35)36)18-23-10-14-26(15-11-23)38-17-16-29-22(2)39-30(33-29)24-6-4-3-5-7-24/h3-15,25,28H,16-20H2,1-2H3,(H,35,36)/t25-,28+/m1/s1. The Morgan fingerprint density at radius 1 is 0.950 bits per heavy atom. The fourth-order valence-electron chi connectivity index (χ4n) is 4.93. The van der Waals surface area contributed by atoms with Gasteiger partial charge in [-0.1, -0.05) is 48.0 Å². The van der Waals surface area contributed by atoms with Crippen LogP contribution in [0, 0.1) is 25.7 Å². The molecule has 0 radical (unpaired) electrons. The van der Waals surface area contributed by atoms with Crippen molar-refractivity contribution in [2.75, 3.05) is 19.7 Å². The summed E-state index contributed by atoms with van der Waals surface area (Å²) < 4.78 is 17.2. The predicted octanol–water partition coefficient (Wildman–Crippen LogP) is 5.95. The second-order valence-corrected chi connectivity index (χ2v) is 10.1. The third-order valence-corrected chi connectivity index (χ3v) is 7.18. The number of aliphatic carboxylic acids is 1. The number of carboxylic acids is 1. The molecule has 1 aliphatic rings. The second-order valence-electron chi connectivity index (χ2n) is 10.1. The number of likely N-dealkylation sites (tertiary alicyclic amines) is 1. The van der Waals surface area contributed by atoms with Gasteiger partial charge in [-0.05, 0) is 68.1 Å². The van der Waals surface area contributed by atoms with Gasteiger partial charge in [0.05, 0.1) is 18.2 Å². The van der Waals surface area contributed by atoms with E-state index in [-0.39, 0.29) is 12.5 Å². The molecule has 2 heterocycles. The van der Waals surface area contributed by atoms with Crippen LogP contribution in [-0.2, 0) is 17.6 Å². The van der Waals surface area contributed by atoms with Crippen LogP contribution in [0.25, 0.3) is 11.5 Å². The Kier molecular flexibility index (Phi) is 8.15. The summed E-state index contributed by atoms with van der Waals surface area (Å²) in [4.78, 5) is 30.7. The number of aromatic nitrogens is 1. The van der Waals surface area contributed by atoms with Gasteiger partial charge < -0.3 is 23.9 Å². The van der Waals surface area contributed by atoms with Gasteiger partial charge in [0.2, 0.25) is 5.89 Å². The number of carbonyl (C=O) groups is 2. The predicted molar refractivity (Wildman–Crippen MR) is 149 cm³/mol. The summed E-state index contributed by atoms with van der Waals surface area (Å²) in [5.41, 5.74) is 3.84. The Morgan fingerprint density at radius 3 is 2.35 bits per heavy atom. The summed E-state index contributed by atoms with van der Waals surface area (Å²) in [6.45, 7) is 4.75. The highest BCUT2D eigenvalue weighted by Gasteiger charge is 2.40. The molecule has 0 unspecified atom stereocenters. The fourth-order valence-corrected chi connectivity index (χ4v) is 4.93. The SMILES string of the molecule is Cc1ccc(OC(=O)N2C[C@@H](Cc3ccc(OCCc4nc(-c5ccccc5)oc4C)cc3)[C@@H](C(=O)O)C2)cc1. The molecule has 1 aromatic heterocycles. The first-order valence-corrected chi connectivity index (χ1v) is 13.4. The van der Waals surface area contributed by atoms with E-state index in [4.69, 9.17) is 13.9 Å². The molecule has 1 saturated heterocycles. The minimum atomic E-state index is -0.908. The zero-order valence-corrected chi connectivity index (χ0v) is 22.6. The monoisotopic (exact) mass is 540 g/mol. The van der Waals surface area contributed by atoms with Gasteiger partial charge >= 0.3 is 12.1 Å². The van der Waals surface area contributed by atoms with Gasteiger partial charge in [-0.2, -0.15) is 0 Å². The van der Waals surface area contributed by atoms with Gasteiger partial charge in [0.1, 0.15) is 17.3 Å². The Hall–Kier alpha value is -4.59. The van der Waals surface area contributed by atoms with Crippen LogP contribution in [0.15, 0.2) is 83.3 Å². The van der Waals surface area contributed by atoms with Crippen LogP contribution in [0.3, 0.4) is 0 Å². The van der Waals surface area contributed by atoms with Crippen molar-refractivity contribution in [1.82, 2.24) is 9.88 Å². The maximum absolute atomic E-state index is 12.7. The van der Waals surface area contributed by atoms with Crippen molar-refractivity contribution >= 4 is 12.1 Å². The molecule has 40 heavy (non-hydrogen) atoms. The summed E-state index contributed by atoms with van der Waals surface area (Å²) >= 11 is 0. The lowest BCUT2D eigenvalue weighted by Crippen LogP contribution is -2.32. The van der Waals surface area contributed by atoms with E-state index in [2.05, 4.69) is 4.98 Å². The first-order chi connectivity index (χ1) is 19.4. The lowest BCUT2D eigenvalue weighted by Gasteiger charge is -2.16. The molecule has 5 rings (SSSR count). The van der Waals surface area contributed by atoms with Gasteiger partial charge in [0, 0.05) is 25.1 Å². The van der Waals surface area contributed by atoms with Gasteiger partial charge in [-0.25, -0.2) is 9.78 Å². The Bertz CT molecular complexity index is 1450. The van der Waals surface area contributed by atoms with E-state index in [9.17, 15) is 14.7 Å². The average Bonchev–Trinajstić information content (AvgIpc) is 3.55. The number of benzene rings is 3. The fraction of sp³-hybridized carbons (Fsp3) is 0.281. The van der Waals surface area contributed by atoms with Crippen molar-refractivity contribution in [3.05, 3.63) is 101 Å². The molecular formula is C32H32N2O6. The lowest BCUT2D eigenvalue weighted by atomic mass is 9.90. The molecule has 1 aliphatic heterocycles. The highest BCUT2D eigenvalue weighted by atomic mass is 16.6. The van der Waals surface area contributed by atoms with Crippen LogP contribution >= 0.6 is 0 Å². The van der Waals surface area contributed by atoms with E-state index in [1.54, 1.807) is 12.1 Å². The van der Waals surface area contributed by atoms with Crippen LogP contribution in [0.4, 0.5) is 4.79 Å². The third kappa shape index (κ3) is 6.51. The van der Waals surface area contributed by atoms with Crippen molar-refractivity contribution in [3.8, 4) is 23.0 Å². The Morgan fingerprint density at radius 2 is 1.65 bits per heavy atom. The molecule has 206 valence electrons. The van der Waals surface area contributed by atoms with Crippen LogP contribution in [-0.4, -0.2) is 46.7 Å². The Balaban J connectivity index is 1.14. The molecule has 2 atom stereocenters. The summed E-state index contributed by atoms with van der Waals surface area (Å²) in [5.74, 6) is 0.755. The second kappa shape index (κ2) is 12.1. The largest absolute Gasteiger partial charge is 0.493 e. The number of oxazole rings is 1. The highest BCUT2D eigenvalue weighted by molar-refractivity contribution is 5.75. The van der Waals surface area contributed by atoms with Gasteiger partial charge in [-0.15, -0.1) is 0 Å². The number of nitrogens with zero attached hydrogens (tertiary/aromatic N) is 2. The van der Waals surface area contributed by atoms with Crippen molar-refractivity contribution in [3.63, 3.8) is 0 Å². The summed E-state index contributed by atoms with van der Waals surface area (Å²) in [6, 6.07) is 24.6. The highest BCUT2D eigenvalue weighted by Crippen LogP contribution is 2.29.